The standard InChI is InChI=1S/C18H23FN2/c1-4-8-20-18(17-10-13(2)7-9-21-17)12-15-11-16(19)6-5-14(15)3/h5-7,9-11,18,20H,4,8,12H2,1-3H3. The first-order valence-corrected chi connectivity index (χ1v) is 7.51. The first-order valence-electron chi connectivity index (χ1n) is 7.51. The molecule has 0 radical (unpaired) electrons. The third kappa shape index (κ3) is 4.36. The average molecular weight is 286 g/mol. The van der Waals surface area contributed by atoms with Gasteiger partial charge in [0, 0.05) is 6.20 Å². The van der Waals surface area contributed by atoms with Crippen molar-refractivity contribution in [1.29, 1.82) is 0 Å². The molecular weight excluding hydrogens is 263 g/mol. The molecule has 21 heavy (non-hydrogen) atoms. The zero-order valence-corrected chi connectivity index (χ0v) is 13.0. The molecule has 1 N–H and O–H groups in total. The first kappa shape index (κ1) is 15.6. The summed E-state index contributed by atoms with van der Waals surface area (Å²) in [6, 6.07) is 9.19. The summed E-state index contributed by atoms with van der Waals surface area (Å²) in [4.78, 5) is 4.48. The maximum Gasteiger partial charge on any atom is 0.123 e. The first-order chi connectivity index (χ1) is 10.1. The molecule has 112 valence electrons. The van der Waals surface area contributed by atoms with Crippen LogP contribution in [0.1, 0.15) is 41.8 Å². The molecule has 0 amide bonds. The maximum atomic E-state index is 13.5. The molecule has 3 heteroatoms. The lowest BCUT2D eigenvalue weighted by Crippen LogP contribution is -2.25. The Morgan fingerprint density at radius 2 is 2.00 bits per heavy atom. The minimum Gasteiger partial charge on any atom is -0.308 e. The second-order valence-electron chi connectivity index (χ2n) is 5.54. The van der Waals surface area contributed by atoms with Gasteiger partial charge in [0.05, 0.1) is 11.7 Å². The van der Waals surface area contributed by atoms with E-state index >= 15 is 0 Å². The Balaban J connectivity index is 2.25. The van der Waals surface area contributed by atoms with Gasteiger partial charge in [-0.1, -0.05) is 13.0 Å². The largest absolute Gasteiger partial charge is 0.308 e. The minimum atomic E-state index is -0.179. The lowest BCUT2D eigenvalue weighted by Gasteiger charge is -2.19. The second kappa shape index (κ2) is 7.32. The van der Waals surface area contributed by atoms with Crippen LogP contribution in [-0.4, -0.2) is 11.5 Å². The summed E-state index contributed by atoms with van der Waals surface area (Å²) < 4.78 is 13.5. The molecule has 0 bridgehead atoms. The molecule has 2 aromatic rings. The van der Waals surface area contributed by atoms with Gasteiger partial charge in [-0.3, -0.25) is 4.98 Å². The van der Waals surface area contributed by atoms with E-state index in [0.29, 0.717) is 0 Å². The Kier molecular flexibility index (Phi) is 5.45. The van der Waals surface area contributed by atoms with E-state index in [2.05, 4.69) is 30.2 Å². The van der Waals surface area contributed by atoms with E-state index in [1.807, 2.05) is 25.3 Å². The molecule has 1 aromatic carbocycles. The summed E-state index contributed by atoms with van der Waals surface area (Å²) in [5.41, 5.74) is 4.37. The van der Waals surface area contributed by atoms with Gasteiger partial charge < -0.3 is 5.32 Å². The molecular formula is C18H23FN2. The van der Waals surface area contributed by atoms with Crippen LogP contribution in [0.25, 0.3) is 0 Å². The van der Waals surface area contributed by atoms with Crippen LogP contribution in [0.15, 0.2) is 36.5 Å². The third-order valence-electron chi connectivity index (χ3n) is 3.67. The number of hydrogen-bond acceptors (Lipinski definition) is 2. The van der Waals surface area contributed by atoms with E-state index in [9.17, 15) is 4.39 Å². The number of hydrogen-bond donors (Lipinski definition) is 1. The zero-order valence-electron chi connectivity index (χ0n) is 13.0. The molecule has 0 aliphatic carbocycles. The van der Waals surface area contributed by atoms with Crippen LogP contribution in [0.5, 0.6) is 0 Å². The highest BCUT2D eigenvalue weighted by Crippen LogP contribution is 2.20. The van der Waals surface area contributed by atoms with Crippen molar-refractivity contribution in [3.63, 3.8) is 0 Å². The van der Waals surface area contributed by atoms with Crippen molar-refractivity contribution >= 4 is 0 Å². The maximum absolute atomic E-state index is 13.5. The minimum absolute atomic E-state index is 0.116. The predicted octanol–water partition coefficient (Wildman–Crippen LogP) is 4.12. The summed E-state index contributed by atoms with van der Waals surface area (Å²) in [7, 11) is 0. The van der Waals surface area contributed by atoms with Crippen LogP contribution in [0.4, 0.5) is 4.39 Å². The van der Waals surface area contributed by atoms with E-state index in [1.165, 1.54) is 11.6 Å². The number of rotatable bonds is 6. The van der Waals surface area contributed by atoms with Crippen LogP contribution in [0.3, 0.4) is 0 Å². The second-order valence-corrected chi connectivity index (χ2v) is 5.54. The summed E-state index contributed by atoms with van der Waals surface area (Å²) >= 11 is 0. The van der Waals surface area contributed by atoms with Crippen LogP contribution in [0, 0.1) is 19.7 Å². The highest BCUT2D eigenvalue weighted by Gasteiger charge is 2.14. The van der Waals surface area contributed by atoms with Gasteiger partial charge in [0.1, 0.15) is 5.82 Å². The van der Waals surface area contributed by atoms with E-state index in [-0.39, 0.29) is 11.9 Å². The molecule has 1 unspecified atom stereocenters. The zero-order chi connectivity index (χ0) is 15.2. The Labute approximate surface area is 126 Å². The molecule has 0 spiro atoms. The van der Waals surface area contributed by atoms with Crippen LogP contribution >= 0.6 is 0 Å². The molecule has 1 aromatic heterocycles. The number of aryl methyl sites for hydroxylation is 2. The van der Waals surface area contributed by atoms with Crippen molar-refractivity contribution in [2.24, 2.45) is 0 Å². The van der Waals surface area contributed by atoms with Gasteiger partial charge in [-0.05, 0) is 74.2 Å². The van der Waals surface area contributed by atoms with Crippen LogP contribution in [0.2, 0.25) is 0 Å². The van der Waals surface area contributed by atoms with Gasteiger partial charge in [0.2, 0.25) is 0 Å². The predicted molar refractivity (Wildman–Crippen MR) is 84.8 cm³/mol. The van der Waals surface area contributed by atoms with Crippen molar-refractivity contribution < 1.29 is 4.39 Å². The monoisotopic (exact) mass is 286 g/mol. The van der Waals surface area contributed by atoms with Gasteiger partial charge in [-0.15, -0.1) is 0 Å². The van der Waals surface area contributed by atoms with Crippen molar-refractivity contribution in [2.75, 3.05) is 6.54 Å². The molecule has 1 atom stereocenters. The van der Waals surface area contributed by atoms with E-state index in [0.717, 1.165) is 36.2 Å². The van der Waals surface area contributed by atoms with E-state index < -0.39 is 0 Å². The Hall–Kier alpha value is -1.74. The Morgan fingerprint density at radius 1 is 1.19 bits per heavy atom. The SMILES string of the molecule is CCCNC(Cc1cc(F)ccc1C)c1cc(C)ccn1. The molecule has 2 nitrogen and oxygen atoms in total. The van der Waals surface area contributed by atoms with Gasteiger partial charge in [-0.2, -0.15) is 0 Å². The van der Waals surface area contributed by atoms with Crippen molar-refractivity contribution in [3.05, 3.63) is 64.7 Å². The molecule has 0 aliphatic rings. The van der Waals surface area contributed by atoms with Gasteiger partial charge in [0.25, 0.3) is 0 Å². The van der Waals surface area contributed by atoms with Crippen LogP contribution < -0.4 is 5.32 Å². The fourth-order valence-electron chi connectivity index (χ4n) is 2.43. The number of halogens is 1. The number of pyridine rings is 1. The fourth-order valence-corrected chi connectivity index (χ4v) is 2.43. The van der Waals surface area contributed by atoms with Crippen LogP contribution in [-0.2, 0) is 6.42 Å². The number of aromatic nitrogens is 1. The van der Waals surface area contributed by atoms with Gasteiger partial charge in [-0.25, -0.2) is 4.39 Å². The number of nitrogens with zero attached hydrogens (tertiary/aromatic N) is 1. The van der Waals surface area contributed by atoms with Crippen molar-refractivity contribution in [1.82, 2.24) is 10.3 Å². The lowest BCUT2D eigenvalue weighted by atomic mass is 9.98. The Bertz CT molecular complexity index is 596. The summed E-state index contributed by atoms with van der Waals surface area (Å²) in [6.45, 7) is 7.15. The quantitative estimate of drug-likeness (QED) is 0.864. The molecule has 1 heterocycles. The number of benzene rings is 1. The summed E-state index contributed by atoms with van der Waals surface area (Å²) in [6.07, 6.45) is 3.65. The summed E-state index contributed by atoms with van der Waals surface area (Å²) in [5.74, 6) is -0.179. The smallest absolute Gasteiger partial charge is 0.123 e. The molecule has 0 saturated heterocycles. The normalized spacial score (nSPS) is 12.4. The highest BCUT2D eigenvalue weighted by atomic mass is 19.1. The van der Waals surface area contributed by atoms with Gasteiger partial charge >= 0.3 is 0 Å². The van der Waals surface area contributed by atoms with Crippen molar-refractivity contribution in [2.45, 2.75) is 39.7 Å². The summed E-state index contributed by atoms with van der Waals surface area (Å²) in [5, 5.41) is 3.52. The fraction of sp³-hybridized carbons (Fsp3) is 0.389. The Morgan fingerprint density at radius 3 is 2.71 bits per heavy atom. The molecule has 0 aliphatic heterocycles. The lowest BCUT2D eigenvalue weighted by molar-refractivity contribution is 0.515. The average Bonchev–Trinajstić information content (AvgIpc) is 2.47. The molecule has 2 rings (SSSR count). The topological polar surface area (TPSA) is 24.9 Å². The van der Waals surface area contributed by atoms with Gasteiger partial charge in [0.15, 0.2) is 0 Å². The van der Waals surface area contributed by atoms with E-state index in [1.54, 1.807) is 6.07 Å². The van der Waals surface area contributed by atoms with E-state index in [4.69, 9.17) is 0 Å². The van der Waals surface area contributed by atoms with Crippen molar-refractivity contribution in [3.8, 4) is 0 Å². The third-order valence-corrected chi connectivity index (χ3v) is 3.67. The molecule has 0 saturated carbocycles. The molecule has 0 fully saturated rings. The number of nitrogens with one attached hydrogen (secondary N) is 1. The highest BCUT2D eigenvalue weighted by molar-refractivity contribution is 5.29.